The monoisotopic (exact) mass is 179 g/mol. The Morgan fingerprint density at radius 3 is 3.08 bits per heavy atom. The third-order valence-electron chi connectivity index (χ3n) is 1.54. The Morgan fingerprint density at radius 2 is 2.38 bits per heavy atom. The van der Waals surface area contributed by atoms with E-state index in [0.29, 0.717) is 6.61 Å². The van der Waals surface area contributed by atoms with Gasteiger partial charge in [0.2, 0.25) is 0 Å². The molecule has 0 aliphatic carbocycles. The van der Waals surface area contributed by atoms with Gasteiger partial charge < -0.3 is 9.94 Å². The number of hydrogen-bond acceptors (Lipinski definition) is 3. The summed E-state index contributed by atoms with van der Waals surface area (Å²) >= 11 is 0. The van der Waals surface area contributed by atoms with Crippen molar-refractivity contribution in [2.24, 2.45) is 5.16 Å². The molecule has 0 atom stereocenters. The smallest absolute Gasteiger partial charge is 0.119 e. The van der Waals surface area contributed by atoms with Gasteiger partial charge in [0.25, 0.3) is 0 Å². The maximum atomic E-state index is 8.32. The quantitative estimate of drug-likeness (QED) is 0.437. The van der Waals surface area contributed by atoms with Crippen molar-refractivity contribution >= 4 is 6.21 Å². The van der Waals surface area contributed by atoms with Crippen molar-refractivity contribution in [2.45, 2.75) is 13.3 Å². The number of oxime groups is 1. The molecule has 0 aliphatic rings. The van der Waals surface area contributed by atoms with E-state index in [2.05, 4.69) is 12.1 Å². The molecule has 0 bridgehead atoms. The molecular weight excluding hydrogens is 166 g/mol. The van der Waals surface area contributed by atoms with Crippen LogP contribution in [0.1, 0.15) is 18.9 Å². The maximum Gasteiger partial charge on any atom is 0.119 e. The molecule has 3 heteroatoms. The number of benzene rings is 1. The van der Waals surface area contributed by atoms with Crippen LogP contribution in [0.4, 0.5) is 0 Å². The molecule has 0 saturated heterocycles. The van der Waals surface area contributed by atoms with E-state index < -0.39 is 0 Å². The van der Waals surface area contributed by atoms with Crippen molar-refractivity contribution in [3.05, 3.63) is 29.8 Å². The first kappa shape index (κ1) is 9.58. The predicted octanol–water partition coefficient (Wildman–Crippen LogP) is 2.28. The van der Waals surface area contributed by atoms with E-state index in [1.807, 2.05) is 24.3 Å². The van der Waals surface area contributed by atoms with Crippen molar-refractivity contribution in [3.8, 4) is 5.75 Å². The minimum atomic E-state index is 0.708. The summed E-state index contributed by atoms with van der Waals surface area (Å²) in [6, 6.07) is 7.42. The van der Waals surface area contributed by atoms with Crippen LogP contribution in [0.25, 0.3) is 0 Å². The summed E-state index contributed by atoms with van der Waals surface area (Å²) in [4.78, 5) is 0. The Balaban J connectivity index is 2.67. The molecule has 0 saturated carbocycles. The fourth-order valence-electron chi connectivity index (χ4n) is 0.971. The molecule has 1 aromatic carbocycles. The average molecular weight is 179 g/mol. The number of rotatable bonds is 4. The highest BCUT2D eigenvalue weighted by Gasteiger charge is 1.93. The van der Waals surface area contributed by atoms with E-state index in [1.54, 1.807) is 0 Å². The summed E-state index contributed by atoms with van der Waals surface area (Å²) in [5.41, 5.74) is 0.830. The van der Waals surface area contributed by atoms with Crippen LogP contribution in [0, 0.1) is 0 Å². The van der Waals surface area contributed by atoms with Crippen molar-refractivity contribution in [1.82, 2.24) is 0 Å². The summed E-state index contributed by atoms with van der Waals surface area (Å²) in [6.45, 7) is 2.76. The fourth-order valence-corrected chi connectivity index (χ4v) is 0.971. The molecule has 0 unspecified atom stereocenters. The SMILES string of the molecule is CCCOc1cccc(C=NO)c1. The van der Waals surface area contributed by atoms with Crippen LogP contribution in [0.2, 0.25) is 0 Å². The van der Waals surface area contributed by atoms with Crippen LogP contribution in [-0.2, 0) is 0 Å². The van der Waals surface area contributed by atoms with Gasteiger partial charge >= 0.3 is 0 Å². The van der Waals surface area contributed by atoms with Gasteiger partial charge in [-0.2, -0.15) is 0 Å². The van der Waals surface area contributed by atoms with Gasteiger partial charge in [0.1, 0.15) is 5.75 Å². The third kappa shape index (κ3) is 3.15. The van der Waals surface area contributed by atoms with Crippen LogP contribution in [-0.4, -0.2) is 18.0 Å². The predicted molar refractivity (Wildman–Crippen MR) is 51.6 cm³/mol. The van der Waals surface area contributed by atoms with Gasteiger partial charge in [-0.15, -0.1) is 0 Å². The first-order valence-electron chi connectivity index (χ1n) is 4.27. The third-order valence-corrected chi connectivity index (χ3v) is 1.54. The van der Waals surface area contributed by atoms with E-state index >= 15 is 0 Å². The topological polar surface area (TPSA) is 41.8 Å². The van der Waals surface area contributed by atoms with Crippen LogP contribution in [0.3, 0.4) is 0 Å². The molecule has 1 N–H and O–H groups in total. The lowest BCUT2D eigenvalue weighted by molar-refractivity contribution is 0.317. The van der Waals surface area contributed by atoms with Crippen molar-refractivity contribution in [2.75, 3.05) is 6.61 Å². The van der Waals surface area contributed by atoms with E-state index in [-0.39, 0.29) is 0 Å². The molecule has 0 spiro atoms. The van der Waals surface area contributed by atoms with Gasteiger partial charge in [-0.1, -0.05) is 24.2 Å². The minimum absolute atomic E-state index is 0.708. The van der Waals surface area contributed by atoms with Crippen LogP contribution >= 0.6 is 0 Å². The van der Waals surface area contributed by atoms with E-state index in [9.17, 15) is 0 Å². The standard InChI is InChI=1S/C10H13NO2/c1-2-6-13-10-5-3-4-9(7-10)8-11-12/h3-5,7-8,12H,2,6H2,1H3. The molecule has 13 heavy (non-hydrogen) atoms. The van der Waals surface area contributed by atoms with Crippen LogP contribution < -0.4 is 4.74 Å². The molecule has 0 aromatic heterocycles. The normalized spacial score (nSPS) is 10.5. The lowest BCUT2D eigenvalue weighted by atomic mass is 10.2. The van der Waals surface area contributed by atoms with Gasteiger partial charge in [-0.3, -0.25) is 0 Å². The number of nitrogens with zero attached hydrogens (tertiary/aromatic N) is 1. The Kier molecular flexibility index (Phi) is 3.82. The van der Waals surface area contributed by atoms with Crippen LogP contribution in [0.15, 0.2) is 29.4 Å². The van der Waals surface area contributed by atoms with Gasteiger partial charge in [0.05, 0.1) is 12.8 Å². The molecular formula is C10H13NO2. The molecule has 0 aliphatic heterocycles. The highest BCUT2D eigenvalue weighted by Crippen LogP contribution is 2.11. The maximum absolute atomic E-state index is 8.32. The summed E-state index contributed by atoms with van der Waals surface area (Å²) in [5, 5.41) is 11.3. The minimum Gasteiger partial charge on any atom is -0.494 e. The van der Waals surface area contributed by atoms with Crippen molar-refractivity contribution in [1.29, 1.82) is 0 Å². The summed E-state index contributed by atoms with van der Waals surface area (Å²) < 4.78 is 5.40. The molecule has 1 rings (SSSR count). The second kappa shape index (κ2) is 5.19. The first-order valence-corrected chi connectivity index (χ1v) is 4.27. The Morgan fingerprint density at radius 1 is 1.54 bits per heavy atom. The van der Waals surface area contributed by atoms with E-state index in [0.717, 1.165) is 17.7 Å². The second-order valence-electron chi connectivity index (χ2n) is 2.67. The lowest BCUT2D eigenvalue weighted by Gasteiger charge is -2.03. The van der Waals surface area contributed by atoms with E-state index in [1.165, 1.54) is 6.21 Å². The molecule has 0 amide bonds. The molecule has 70 valence electrons. The molecule has 0 heterocycles. The first-order chi connectivity index (χ1) is 6.36. The Hall–Kier alpha value is -1.51. The highest BCUT2D eigenvalue weighted by molar-refractivity contribution is 5.79. The molecule has 0 radical (unpaired) electrons. The molecule has 1 aromatic rings. The van der Waals surface area contributed by atoms with Gasteiger partial charge in [-0.05, 0) is 24.1 Å². The average Bonchev–Trinajstić information content (AvgIpc) is 2.16. The summed E-state index contributed by atoms with van der Waals surface area (Å²) in [7, 11) is 0. The van der Waals surface area contributed by atoms with Gasteiger partial charge in [0.15, 0.2) is 0 Å². The van der Waals surface area contributed by atoms with Crippen LogP contribution in [0.5, 0.6) is 5.75 Å². The van der Waals surface area contributed by atoms with Crippen molar-refractivity contribution < 1.29 is 9.94 Å². The molecule has 0 fully saturated rings. The zero-order chi connectivity index (χ0) is 9.52. The highest BCUT2D eigenvalue weighted by atomic mass is 16.5. The van der Waals surface area contributed by atoms with Gasteiger partial charge in [0, 0.05) is 0 Å². The number of ether oxygens (including phenoxy) is 1. The number of hydrogen-bond donors (Lipinski definition) is 1. The Labute approximate surface area is 77.6 Å². The summed E-state index contributed by atoms with van der Waals surface area (Å²) in [6.07, 6.45) is 2.36. The Bertz CT molecular complexity index is 284. The lowest BCUT2D eigenvalue weighted by Crippen LogP contribution is -1.95. The fraction of sp³-hybridized carbons (Fsp3) is 0.300. The summed E-state index contributed by atoms with van der Waals surface area (Å²) in [5.74, 6) is 0.805. The zero-order valence-electron chi connectivity index (χ0n) is 7.60. The van der Waals surface area contributed by atoms with E-state index in [4.69, 9.17) is 9.94 Å². The second-order valence-corrected chi connectivity index (χ2v) is 2.67. The van der Waals surface area contributed by atoms with Crippen molar-refractivity contribution in [3.63, 3.8) is 0 Å². The van der Waals surface area contributed by atoms with Gasteiger partial charge in [-0.25, -0.2) is 0 Å². The molecule has 3 nitrogen and oxygen atoms in total. The zero-order valence-corrected chi connectivity index (χ0v) is 7.60. The largest absolute Gasteiger partial charge is 0.494 e.